The lowest BCUT2D eigenvalue weighted by Crippen LogP contribution is -2.13. The minimum Gasteiger partial charge on any atom is -0.490 e. The van der Waals surface area contributed by atoms with Gasteiger partial charge in [-0.3, -0.25) is 9.20 Å². The van der Waals surface area contributed by atoms with Gasteiger partial charge < -0.3 is 14.3 Å². The fraction of sp³-hybridized carbons (Fsp3) is 0.333. The minimum absolute atomic E-state index is 0.0934. The summed E-state index contributed by atoms with van der Waals surface area (Å²) in [5.41, 5.74) is 1.78. The maximum absolute atomic E-state index is 12.8. The lowest BCUT2D eigenvalue weighted by atomic mass is 9.98. The molecule has 0 radical (unpaired) electrons. The SMILES string of the molecule is CCOc1cccn2c(C(=O)C[C@@H](CO)c3ccco3)c(C)nc12. The summed E-state index contributed by atoms with van der Waals surface area (Å²) in [6.07, 6.45) is 3.49. The number of aryl methyl sites for hydroxylation is 1. The van der Waals surface area contributed by atoms with E-state index in [0.717, 1.165) is 0 Å². The van der Waals surface area contributed by atoms with E-state index in [-0.39, 0.29) is 24.7 Å². The van der Waals surface area contributed by atoms with Gasteiger partial charge in [0.05, 0.1) is 25.2 Å². The highest BCUT2D eigenvalue weighted by Crippen LogP contribution is 2.26. The molecule has 0 saturated heterocycles. The Morgan fingerprint density at radius 1 is 1.42 bits per heavy atom. The average molecular weight is 328 g/mol. The molecule has 0 saturated carbocycles. The Labute approximate surface area is 139 Å². The van der Waals surface area contributed by atoms with Crippen LogP contribution in [0.2, 0.25) is 0 Å². The van der Waals surface area contributed by atoms with E-state index >= 15 is 0 Å². The Morgan fingerprint density at radius 3 is 2.92 bits per heavy atom. The predicted molar refractivity (Wildman–Crippen MR) is 88.6 cm³/mol. The van der Waals surface area contributed by atoms with Gasteiger partial charge in [0.1, 0.15) is 11.5 Å². The third kappa shape index (κ3) is 2.92. The summed E-state index contributed by atoms with van der Waals surface area (Å²) in [6.45, 7) is 4.08. The van der Waals surface area contributed by atoms with Crippen LogP contribution in [0.1, 0.15) is 41.2 Å². The molecule has 3 aromatic heterocycles. The second-order valence-electron chi connectivity index (χ2n) is 5.57. The Balaban J connectivity index is 1.95. The lowest BCUT2D eigenvalue weighted by molar-refractivity contribution is 0.0948. The topological polar surface area (TPSA) is 77.0 Å². The first kappa shape index (κ1) is 16.3. The Hall–Kier alpha value is -2.60. The van der Waals surface area contributed by atoms with Gasteiger partial charge in [0.25, 0.3) is 0 Å². The van der Waals surface area contributed by atoms with E-state index in [0.29, 0.717) is 35.2 Å². The summed E-state index contributed by atoms with van der Waals surface area (Å²) in [6, 6.07) is 7.17. The summed E-state index contributed by atoms with van der Waals surface area (Å²) in [4.78, 5) is 17.3. The first-order valence-corrected chi connectivity index (χ1v) is 7.93. The number of aliphatic hydroxyl groups is 1. The van der Waals surface area contributed by atoms with Gasteiger partial charge in [0.2, 0.25) is 0 Å². The number of aromatic nitrogens is 2. The van der Waals surface area contributed by atoms with Crippen molar-refractivity contribution < 1.29 is 19.1 Å². The number of aliphatic hydroxyl groups excluding tert-OH is 1. The first-order valence-electron chi connectivity index (χ1n) is 7.93. The molecule has 0 bridgehead atoms. The van der Waals surface area contributed by atoms with Crippen molar-refractivity contribution >= 4 is 11.4 Å². The molecule has 3 rings (SSSR count). The second-order valence-corrected chi connectivity index (χ2v) is 5.57. The standard InChI is InChI=1S/C18H20N2O4/c1-3-23-16-6-4-8-20-17(12(2)19-18(16)20)14(22)10-13(11-21)15-7-5-9-24-15/h4-9,13,21H,3,10-11H2,1-2H3/t13-/m0/s1. The van der Waals surface area contributed by atoms with Crippen molar-refractivity contribution in [3.05, 3.63) is 53.9 Å². The molecule has 6 heteroatoms. The minimum atomic E-state index is -0.368. The van der Waals surface area contributed by atoms with Crippen LogP contribution in [0.25, 0.3) is 5.65 Å². The van der Waals surface area contributed by atoms with E-state index in [9.17, 15) is 9.90 Å². The van der Waals surface area contributed by atoms with Crippen LogP contribution >= 0.6 is 0 Å². The van der Waals surface area contributed by atoms with Crippen molar-refractivity contribution in [2.45, 2.75) is 26.2 Å². The van der Waals surface area contributed by atoms with Gasteiger partial charge >= 0.3 is 0 Å². The predicted octanol–water partition coefficient (Wildman–Crippen LogP) is 2.98. The summed E-state index contributed by atoms with van der Waals surface area (Å²) >= 11 is 0. The van der Waals surface area contributed by atoms with Crippen LogP contribution in [0, 0.1) is 6.92 Å². The highest BCUT2D eigenvalue weighted by atomic mass is 16.5. The number of hydrogen-bond donors (Lipinski definition) is 1. The Morgan fingerprint density at radius 2 is 2.25 bits per heavy atom. The molecule has 1 N–H and O–H groups in total. The number of carbonyl (C=O) groups excluding carboxylic acids is 1. The van der Waals surface area contributed by atoms with Crippen molar-refractivity contribution in [3.63, 3.8) is 0 Å². The van der Waals surface area contributed by atoms with Gasteiger partial charge in [-0.1, -0.05) is 0 Å². The quantitative estimate of drug-likeness (QED) is 0.675. The van der Waals surface area contributed by atoms with Crippen LogP contribution in [0.4, 0.5) is 0 Å². The molecule has 6 nitrogen and oxygen atoms in total. The summed E-state index contributed by atoms with van der Waals surface area (Å²) < 4.78 is 12.6. The number of pyridine rings is 1. The normalized spacial score (nSPS) is 12.5. The van der Waals surface area contributed by atoms with E-state index < -0.39 is 0 Å². The number of ketones is 1. The van der Waals surface area contributed by atoms with E-state index in [1.165, 1.54) is 6.26 Å². The zero-order valence-electron chi connectivity index (χ0n) is 13.7. The molecular formula is C18H20N2O4. The number of furan rings is 1. The third-order valence-electron chi connectivity index (χ3n) is 3.95. The fourth-order valence-electron chi connectivity index (χ4n) is 2.86. The van der Waals surface area contributed by atoms with E-state index in [2.05, 4.69) is 4.98 Å². The molecule has 0 aliphatic carbocycles. The van der Waals surface area contributed by atoms with Gasteiger partial charge in [0, 0.05) is 18.5 Å². The number of nitrogens with zero attached hydrogens (tertiary/aromatic N) is 2. The number of ether oxygens (including phenoxy) is 1. The van der Waals surface area contributed by atoms with E-state index in [4.69, 9.17) is 9.15 Å². The molecule has 0 aliphatic heterocycles. The summed E-state index contributed by atoms with van der Waals surface area (Å²) in [7, 11) is 0. The van der Waals surface area contributed by atoms with Crippen molar-refractivity contribution in [2.24, 2.45) is 0 Å². The maximum atomic E-state index is 12.8. The number of Topliss-reactive ketones (excluding diaryl/α,β-unsaturated/α-hetero) is 1. The summed E-state index contributed by atoms with van der Waals surface area (Å²) in [5.74, 6) is 0.788. The molecular weight excluding hydrogens is 308 g/mol. The second kappa shape index (κ2) is 6.88. The highest BCUT2D eigenvalue weighted by Gasteiger charge is 2.24. The van der Waals surface area contributed by atoms with Gasteiger partial charge in [-0.2, -0.15) is 0 Å². The largest absolute Gasteiger partial charge is 0.490 e. The molecule has 0 unspecified atom stereocenters. The lowest BCUT2D eigenvalue weighted by Gasteiger charge is -2.11. The molecule has 0 fully saturated rings. The van der Waals surface area contributed by atoms with E-state index in [1.807, 2.05) is 19.1 Å². The smallest absolute Gasteiger partial charge is 0.182 e. The van der Waals surface area contributed by atoms with Crippen LogP contribution in [0.3, 0.4) is 0 Å². The average Bonchev–Trinajstić information content (AvgIpc) is 3.20. The highest BCUT2D eigenvalue weighted by molar-refractivity contribution is 5.97. The van der Waals surface area contributed by atoms with Crippen LogP contribution in [0.5, 0.6) is 5.75 Å². The maximum Gasteiger partial charge on any atom is 0.182 e. The Bertz CT molecular complexity index is 836. The van der Waals surface area contributed by atoms with Crippen molar-refractivity contribution in [1.29, 1.82) is 0 Å². The fourth-order valence-corrected chi connectivity index (χ4v) is 2.86. The van der Waals surface area contributed by atoms with Crippen LogP contribution in [-0.4, -0.2) is 33.5 Å². The van der Waals surface area contributed by atoms with Crippen molar-refractivity contribution in [3.8, 4) is 5.75 Å². The number of imidazole rings is 1. The molecule has 0 aromatic carbocycles. The number of rotatable bonds is 7. The molecule has 1 atom stereocenters. The van der Waals surface area contributed by atoms with E-state index in [1.54, 1.807) is 29.7 Å². The Kier molecular flexibility index (Phi) is 4.66. The first-order chi connectivity index (χ1) is 11.7. The summed E-state index contributed by atoms with van der Waals surface area (Å²) in [5, 5.41) is 9.59. The van der Waals surface area contributed by atoms with Gasteiger partial charge in [-0.15, -0.1) is 0 Å². The van der Waals surface area contributed by atoms with Crippen LogP contribution in [0.15, 0.2) is 41.1 Å². The van der Waals surface area contributed by atoms with Crippen molar-refractivity contribution in [1.82, 2.24) is 9.38 Å². The number of fused-ring (bicyclic) bond motifs is 1. The molecule has 126 valence electrons. The van der Waals surface area contributed by atoms with Crippen LogP contribution in [-0.2, 0) is 0 Å². The molecule has 24 heavy (non-hydrogen) atoms. The molecule has 0 spiro atoms. The number of carbonyl (C=O) groups is 1. The van der Waals surface area contributed by atoms with Gasteiger partial charge in [0.15, 0.2) is 17.2 Å². The molecule has 0 aliphatic rings. The molecule has 0 amide bonds. The third-order valence-corrected chi connectivity index (χ3v) is 3.95. The number of hydrogen-bond acceptors (Lipinski definition) is 5. The van der Waals surface area contributed by atoms with Crippen molar-refractivity contribution in [2.75, 3.05) is 13.2 Å². The van der Waals surface area contributed by atoms with Gasteiger partial charge in [-0.25, -0.2) is 4.98 Å². The van der Waals surface area contributed by atoms with Gasteiger partial charge in [-0.05, 0) is 38.1 Å². The molecule has 3 aromatic rings. The monoisotopic (exact) mass is 328 g/mol. The molecule has 3 heterocycles. The van der Waals surface area contributed by atoms with Crippen LogP contribution < -0.4 is 4.74 Å². The zero-order chi connectivity index (χ0) is 17.1. The zero-order valence-corrected chi connectivity index (χ0v) is 13.7.